The van der Waals surface area contributed by atoms with Crippen LogP contribution in [0.5, 0.6) is 0 Å². The Morgan fingerprint density at radius 1 is 1.00 bits per heavy atom. The lowest BCUT2D eigenvalue weighted by atomic mass is 9.96. The van der Waals surface area contributed by atoms with Gasteiger partial charge < -0.3 is 10.6 Å². The summed E-state index contributed by atoms with van der Waals surface area (Å²) in [6.07, 6.45) is 0. The molecule has 0 atom stereocenters. The number of hydrogen-bond donors (Lipinski definition) is 2. The zero-order valence-corrected chi connectivity index (χ0v) is 7.49. The zero-order chi connectivity index (χ0) is 9.97. The third-order valence-corrected chi connectivity index (χ3v) is 2.18. The highest BCUT2D eigenvalue weighted by Gasteiger charge is 2.30. The van der Waals surface area contributed by atoms with Gasteiger partial charge in [-0.1, -0.05) is 30.3 Å². The van der Waals surface area contributed by atoms with Crippen molar-refractivity contribution in [2.24, 2.45) is 0 Å². The van der Waals surface area contributed by atoms with E-state index in [4.69, 9.17) is 0 Å². The molecule has 1 aromatic carbocycles. The van der Waals surface area contributed by atoms with Crippen molar-refractivity contribution >= 4 is 11.8 Å². The molecule has 0 aliphatic carbocycles. The Labute approximate surface area is 81.3 Å². The molecule has 0 aromatic heterocycles. The quantitative estimate of drug-likeness (QED) is 0.611. The van der Waals surface area contributed by atoms with Crippen LogP contribution in [0.25, 0.3) is 0 Å². The molecule has 2 rings (SSSR count). The maximum atomic E-state index is 11.4. The minimum Gasteiger partial charge on any atom is -0.338 e. The lowest BCUT2D eigenvalue weighted by molar-refractivity contribution is -0.134. The minimum absolute atomic E-state index is 0.223. The number of carbonyl (C=O) groups is 2. The highest BCUT2D eigenvalue weighted by atomic mass is 16.2. The molecule has 0 unspecified atom stereocenters. The summed E-state index contributed by atoms with van der Waals surface area (Å²) in [6.45, 7) is 0.223. The van der Waals surface area contributed by atoms with Gasteiger partial charge in [-0.3, -0.25) is 9.59 Å². The van der Waals surface area contributed by atoms with E-state index in [2.05, 4.69) is 10.6 Å². The van der Waals surface area contributed by atoms with Gasteiger partial charge in [0.15, 0.2) is 0 Å². The molecule has 72 valence electrons. The van der Waals surface area contributed by atoms with E-state index in [1.54, 1.807) is 12.1 Å². The van der Waals surface area contributed by atoms with Gasteiger partial charge in [0.1, 0.15) is 5.92 Å². The van der Waals surface area contributed by atoms with Crippen LogP contribution < -0.4 is 10.6 Å². The molecule has 1 heterocycles. The second-order valence-electron chi connectivity index (χ2n) is 3.10. The van der Waals surface area contributed by atoms with Gasteiger partial charge >= 0.3 is 0 Å². The van der Waals surface area contributed by atoms with Crippen molar-refractivity contribution in [2.75, 3.05) is 6.67 Å². The lowest BCUT2D eigenvalue weighted by Gasteiger charge is -2.22. The molecule has 1 fully saturated rings. The van der Waals surface area contributed by atoms with Crippen LogP contribution in [0.3, 0.4) is 0 Å². The molecule has 4 heteroatoms. The summed E-state index contributed by atoms with van der Waals surface area (Å²) >= 11 is 0. The SMILES string of the molecule is O=C1NCNC(=O)C1c1ccccc1. The molecule has 1 saturated heterocycles. The monoisotopic (exact) mass is 190 g/mol. The van der Waals surface area contributed by atoms with Crippen molar-refractivity contribution in [1.82, 2.24) is 10.6 Å². The van der Waals surface area contributed by atoms with Crippen LogP contribution in [0.1, 0.15) is 11.5 Å². The summed E-state index contributed by atoms with van der Waals surface area (Å²) < 4.78 is 0. The van der Waals surface area contributed by atoms with Gasteiger partial charge in [-0.2, -0.15) is 0 Å². The standard InChI is InChI=1S/C10H10N2O2/c13-9-8(10(14)12-6-11-9)7-4-2-1-3-5-7/h1-5,8H,6H2,(H,11,13)(H,12,14). The van der Waals surface area contributed by atoms with Crippen LogP contribution in [0, 0.1) is 0 Å². The fourth-order valence-corrected chi connectivity index (χ4v) is 1.49. The third-order valence-electron chi connectivity index (χ3n) is 2.18. The zero-order valence-electron chi connectivity index (χ0n) is 7.49. The van der Waals surface area contributed by atoms with Crippen molar-refractivity contribution in [2.45, 2.75) is 5.92 Å². The van der Waals surface area contributed by atoms with Crippen molar-refractivity contribution < 1.29 is 9.59 Å². The maximum Gasteiger partial charge on any atom is 0.238 e. The van der Waals surface area contributed by atoms with Crippen molar-refractivity contribution in [3.63, 3.8) is 0 Å². The van der Waals surface area contributed by atoms with E-state index in [1.807, 2.05) is 18.2 Å². The fraction of sp³-hybridized carbons (Fsp3) is 0.200. The first-order chi connectivity index (χ1) is 6.79. The van der Waals surface area contributed by atoms with E-state index in [0.717, 1.165) is 5.56 Å². The van der Waals surface area contributed by atoms with Gasteiger partial charge in [0.2, 0.25) is 11.8 Å². The number of benzene rings is 1. The van der Waals surface area contributed by atoms with Crippen molar-refractivity contribution in [3.8, 4) is 0 Å². The van der Waals surface area contributed by atoms with E-state index in [9.17, 15) is 9.59 Å². The summed E-state index contributed by atoms with van der Waals surface area (Å²) in [5.41, 5.74) is 0.724. The third kappa shape index (κ3) is 1.46. The average Bonchev–Trinajstić information content (AvgIpc) is 2.19. The Balaban J connectivity index is 2.32. The summed E-state index contributed by atoms with van der Waals surface area (Å²) in [7, 11) is 0. The topological polar surface area (TPSA) is 58.2 Å². The Morgan fingerprint density at radius 2 is 1.57 bits per heavy atom. The van der Waals surface area contributed by atoms with E-state index < -0.39 is 5.92 Å². The molecule has 1 aromatic rings. The highest BCUT2D eigenvalue weighted by Crippen LogP contribution is 2.17. The van der Waals surface area contributed by atoms with E-state index in [1.165, 1.54) is 0 Å². The van der Waals surface area contributed by atoms with Crippen LogP contribution in [0.15, 0.2) is 30.3 Å². The largest absolute Gasteiger partial charge is 0.338 e. The van der Waals surface area contributed by atoms with E-state index in [0.29, 0.717) is 0 Å². The first kappa shape index (κ1) is 8.74. The molecule has 2 amide bonds. The Morgan fingerprint density at radius 3 is 2.14 bits per heavy atom. The molecule has 1 aliphatic rings. The number of rotatable bonds is 1. The van der Waals surface area contributed by atoms with Crippen molar-refractivity contribution in [3.05, 3.63) is 35.9 Å². The van der Waals surface area contributed by atoms with Gasteiger partial charge in [-0.05, 0) is 5.56 Å². The smallest absolute Gasteiger partial charge is 0.238 e. The van der Waals surface area contributed by atoms with Gasteiger partial charge in [-0.15, -0.1) is 0 Å². The van der Waals surface area contributed by atoms with Crippen molar-refractivity contribution in [1.29, 1.82) is 0 Å². The van der Waals surface area contributed by atoms with Gasteiger partial charge in [0, 0.05) is 0 Å². The van der Waals surface area contributed by atoms with E-state index in [-0.39, 0.29) is 18.5 Å². The predicted octanol–water partition coefficient (Wildman–Crippen LogP) is -0.0263. The second-order valence-corrected chi connectivity index (χ2v) is 3.10. The fourth-order valence-electron chi connectivity index (χ4n) is 1.49. The van der Waals surface area contributed by atoms with Crippen LogP contribution in [-0.4, -0.2) is 18.5 Å². The molecule has 14 heavy (non-hydrogen) atoms. The molecule has 0 bridgehead atoms. The Bertz CT molecular complexity index is 346. The molecule has 0 spiro atoms. The van der Waals surface area contributed by atoms with Crippen LogP contribution in [0.2, 0.25) is 0 Å². The number of hydrogen-bond acceptors (Lipinski definition) is 2. The first-order valence-electron chi connectivity index (χ1n) is 4.39. The van der Waals surface area contributed by atoms with Gasteiger partial charge in [-0.25, -0.2) is 0 Å². The van der Waals surface area contributed by atoms with Gasteiger partial charge in [0.05, 0.1) is 6.67 Å². The summed E-state index contributed by atoms with van der Waals surface area (Å²) in [5, 5.41) is 5.18. The maximum absolute atomic E-state index is 11.4. The Kier molecular flexibility index (Phi) is 2.18. The summed E-state index contributed by atoms with van der Waals surface area (Å²) in [6, 6.07) is 9.02. The highest BCUT2D eigenvalue weighted by molar-refractivity contribution is 6.07. The minimum atomic E-state index is -0.704. The van der Waals surface area contributed by atoms with Crippen LogP contribution >= 0.6 is 0 Å². The molecule has 2 N–H and O–H groups in total. The lowest BCUT2D eigenvalue weighted by Crippen LogP contribution is -2.50. The summed E-state index contributed by atoms with van der Waals surface area (Å²) in [5.74, 6) is -1.18. The predicted molar refractivity (Wildman–Crippen MR) is 50.3 cm³/mol. The van der Waals surface area contributed by atoms with Gasteiger partial charge in [0.25, 0.3) is 0 Å². The molecular weight excluding hydrogens is 180 g/mol. The average molecular weight is 190 g/mol. The molecule has 4 nitrogen and oxygen atoms in total. The Hall–Kier alpha value is -1.84. The van der Waals surface area contributed by atoms with E-state index >= 15 is 0 Å². The molecule has 1 aliphatic heterocycles. The molecular formula is C10H10N2O2. The van der Waals surface area contributed by atoms with Crippen LogP contribution in [0.4, 0.5) is 0 Å². The normalized spacial score (nSPS) is 17.4. The second kappa shape index (κ2) is 3.49. The molecule has 0 saturated carbocycles. The number of carbonyl (C=O) groups excluding carboxylic acids is 2. The number of nitrogens with one attached hydrogen (secondary N) is 2. The van der Waals surface area contributed by atoms with Crippen LogP contribution in [-0.2, 0) is 9.59 Å². The first-order valence-corrected chi connectivity index (χ1v) is 4.39. The number of amides is 2. The molecule has 0 radical (unpaired) electrons. The summed E-state index contributed by atoms with van der Waals surface area (Å²) in [4.78, 5) is 22.9.